The van der Waals surface area contributed by atoms with Gasteiger partial charge in [0.05, 0.1) is 22.1 Å². The molecule has 4 aromatic heterocycles. The molecule has 0 aliphatic carbocycles. The van der Waals surface area contributed by atoms with Crippen LogP contribution in [0.4, 0.5) is 0 Å². The monoisotopic (exact) mass is 678 g/mol. The van der Waals surface area contributed by atoms with Crippen molar-refractivity contribution >= 4 is 54.6 Å². The van der Waals surface area contributed by atoms with Crippen LogP contribution in [0.1, 0.15) is 0 Å². The molecular formula is C47H30N6. The molecule has 0 radical (unpaired) electrons. The standard InChI is InChI=1S/C47H30N6/c1-3-16-31(17-4-1)44-48-45(32-18-5-2-6-19-32)50-47(49-44)53-42-29-14-10-25-38(42)43-37-24-9-13-28-41(37)52(46(43)53)34-21-15-20-33(30-34)51-39-26-11-7-22-35(39)36-23-8-12-27-40(36)51/h1-30H. The number of fused-ring (bicyclic) bond motifs is 8. The van der Waals surface area contributed by atoms with Crippen molar-refractivity contribution in [1.29, 1.82) is 0 Å². The smallest absolute Gasteiger partial charge is 0.239 e. The maximum atomic E-state index is 5.23. The Morgan fingerprint density at radius 2 is 0.736 bits per heavy atom. The fourth-order valence-electron chi connectivity index (χ4n) is 8.03. The largest absolute Gasteiger partial charge is 0.309 e. The van der Waals surface area contributed by atoms with Crippen LogP contribution in [-0.4, -0.2) is 28.7 Å². The Hall–Kier alpha value is -7.31. The predicted molar refractivity (Wildman–Crippen MR) is 216 cm³/mol. The van der Waals surface area contributed by atoms with Gasteiger partial charge in [0, 0.05) is 49.4 Å². The lowest BCUT2D eigenvalue weighted by atomic mass is 10.1. The Balaban J connectivity index is 1.24. The molecule has 0 bridgehead atoms. The van der Waals surface area contributed by atoms with Gasteiger partial charge in [-0.1, -0.05) is 140 Å². The lowest BCUT2D eigenvalue weighted by Gasteiger charge is -2.15. The van der Waals surface area contributed by atoms with Gasteiger partial charge >= 0.3 is 0 Å². The van der Waals surface area contributed by atoms with Gasteiger partial charge in [0.15, 0.2) is 11.6 Å². The lowest BCUT2D eigenvalue weighted by Crippen LogP contribution is -2.09. The van der Waals surface area contributed by atoms with Crippen LogP contribution < -0.4 is 0 Å². The third kappa shape index (κ3) is 4.49. The molecule has 0 saturated carbocycles. The number of nitrogens with zero attached hydrogens (tertiary/aromatic N) is 6. The molecule has 11 rings (SSSR count). The maximum Gasteiger partial charge on any atom is 0.239 e. The molecule has 248 valence electrons. The van der Waals surface area contributed by atoms with E-state index in [1.165, 1.54) is 27.2 Å². The third-order valence-electron chi connectivity index (χ3n) is 10.3. The summed E-state index contributed by atoms with van der Waals surface area (Å²) in [5, 5.41) is 5.93. The summed E-state index contributed by atoms with van der Waals surface area (Å²) in [7, 11) is 0. The maximum absolute atomic E-state index is 5.23. The molecule has 6 nitrogen and oxygen atoms in total. The van der Waals surface area contributed by atoms with Crippen LogP contribution in [0.3, 0.4) is 0 Å². The number of aromatic nitrogens is 6. The van der Waals surface area contributed by atoms with E-state index in [9.17, 15) is 0 Å². The van der Waals surface area contributed by atoms with E-state index in [0.717, 1.165) is 50.0 Å². The second-order valence-corrected chi connectivity index (χ2v) is 13.3. The van der Waals surface area contributed by atoms with Crippen LogP contribution in [0, 0.1) is 0 Å². The Kier molecular flexibility index (Phi) is 6.45. The second-order valence-electron chi connectivity index (χ2n) is 13.3. The van der Waals surface area contributed by atoms with Crippen LogP contribution in [0.2, 0.25) is 0 Å². The summed E-state index contributed by atoms with van der Waals surface area (Å²) < 4.78 is 6.96. The average molecular weight is 679 g/mol. The fourth-order valence-corrected chi connectivity index (χ4v) is 8.03. The van der Waals surface area contributed by atoms with Crippen LogP contribution >= 0.6 is 0 Å². The van der Waals surface area contributed by atoms with Gasteiger partial charge in [0.25, 0.3) is 0 Å². The molecule has 0 spiro atoms. The van der Waals surface area contributed by atoms with Crippen molar-refractivity contribution in [1.82, 2.24) is 28.7 Å². The quantitative estimate of drug-likeness (QED) is 0.182. The summed E-state index contributed by atoms with van der Waals surface area (Å²) in [6, 6.07) is 63.7. The molecule has 0 atom stereocenters. The van der Waals surface area contributed by atoms with Gasteiger partial charge in [0.2, 0.25) is 5.95 Å². The predicted octanol–water partition coefficient (Wildman–Crippen LogP) is 11.3. The normalized spacial score (nSPS) is 11.8. The zero-order chi connectivity index (χ0) is 34.9. The summed E-state index contributed by atoms with van der Waals surface area (Å²) in [6.45, 7) is 0. The van der Waals surface area contributed by atoms with Crippen LogP contribution in [0.15, 0.2) is 182 Å². The topological polar surface area (TPSA) is 53.5 Å². The second kappa shape index (κ2) is 11.6. The number of para-hydroxylation sites is 4. The van der Waals surface area contributed by atoms with Gasteiger partial charge in [-0.05, 0) is 42.5 Å². The first-order valence-corrected chi connectivity index (χ1v) is 17.8. The zero-order valence-corrected chi connectivity index (χ0v) is 28.5. The lowest BCUT2D eigenvalue weighted by molar-refractivity contribution is 0.932. The SMILES string of the molecule is c1ccc(-c2nc(-c3ccccc3)nc(-n3c4ccccc4c4c5ccccc5n(-c5cccc(-n6c7ccccc7c7ccccc76)c5)c43)n2)cc1. The Labute approximate surface area is 304 Å². The zero-order valence-electron chi connectivity index (χ0n) is 28.5. The molecule has 0 aliphatic heterocycles. The first kappa shape index (κ1) is 29.4. The molecule has 7 aromatic carbocycles. The molecule has 4 heterocycles. The van der Waals surface area contributed by atoms with Crippen molar-refractivity contribution in [3.8, 4) is 40.1 Å². The van der Waals surface area contributed by atoms with E-state index in [4.69, 9.17) is 15.0 Å². The van der Waals surface area contributed by atoms with E-state index in [1.54, 1.807) is 0 Å². The van der Waals surface area contributed by atoms with E-state index in [0.29, 0.717) is 17.6 Å². The number of rotatable bonds is 5. The molecule has 53 heavy (non-hydrogen) atoms. The van der Waals surface area contributed by atoms with Crippen LogP contribution in [0.5, 0.6) is 0 Å². The van der Waals surface area contributed by atoms with Crippen molar-refractivity contribution in [2.45, 2.75) is 0 Å². The molecule has 11 aromatic rings. The highest BCUT2D eigenvalue weighted by Crippen LogP contribution is 2.41. The molecule has 0 amide bonds. The first-order valence-electron chi connectivity index (χ1n) is 17.8. The summed E-state index contributed by atoms with van der Waals surface area (Å²) >= 11 is 0. The number of hydrogen-bond donors (Lipinski definition) is 0. The van der Waals surface area contributed by atoms with Gasteiger partial charge in [-0.3, -0.25) is 9.13 Å². The van der Waals surface area contributed by atoms with Gasteiger partial charge in [-0.2, -0.15) is 9.97 Å². The molecule has 0 aliphatic rings. The van der Waals surface area contributed by atoms with E-state index in [2.05, 4.69) is 135 Å². The van der Waals surface area contributed by atoms with Crippen molar-refractivity contribution in [2.75, 3.05) is 0 Å². The van der Waals surface area contributed by atoms with Crippen molar-refractivity contribution in [3.63, 3.8) is 0 Å². The van der Waals surface area contributed by atoms with Gasteiger partial charge in [-0.15, -0.1) is 0 Å². The van der Waals surface area contributed by atoms with Crippen molar-refractivity contribution in [3.05, 3.63) is 182 Å². The van der Waals surface area contributed by atoms with Crippen LogP contribution in [-0.2, 0) is 0 Å². The third-order valence-corrected chi connectivity index (χ3v) is 10.3. The van der Waals surface area contributed by atoms with Crippen molar-refractivity contribution < 1.29 is 0 Å². The minimum atomic E-state index is 0.562. The molecule has 6 heteroatoms. The molecule has 0 fully saturated rings. The minimum Gasteiger partial charge on any atom is -0.309 e. The summed E-state index contributed by atoms with van der Waals surface area (Å²) in [5.41, 5.74) is 9.48. The van der Waals surface area contributed by atoms with E-state index in [-0.39, 0.29) is 0 Å². The highest BCUT2D eigenvalue weighted by Gasteiger charge is 2.24. The molecule has 0 N–H and O–H groups in total. The van der Waals surface area contributed by atoms with Gasteiger partial charge in [0.1, 0.15) is 5.65 Å². The number of hydrogen-bond acceptors (Lipinski definition) is 3. The van der Waals surface area contributed by atoms with Crippen LogP contribution in [0.25, 0.3) is 94.7 Å². The number of benzene rings is 7. The van der Waals surface area contributed by atoms with Gasteiger partial charge in [-0.25, -0.2) is 4.98 Å². The molecular weight excluding hydrogens is 649 g/mol. The highest BCUT2D eigenvalue weighted by atomic mass is 15.2. The minimum absolute atomic E-state index is 0.562. The van der Waals surface area contributed by atoms with E-state index >= 15 is 0 Å². The molecule has 0 saturated heterocycles. The molecule has 0 unspecified atom stereocenters. The highest BCUT2D eigenvalue weighted by molar-refractivity contribution is 6.22. The Morgan fingerprint density at radius 3 is 1.26 bits per heavy atom. The van der Waals surface area contributed by atoms with E-state index < -0.39 is 0 Å². The Morgan fingerprint density at radius 1 is 0.321 bits per heavy atom. The van der Waals surface area contributed by atoms with Crippen molar-refractivity contribution in [2.24, 2.45) is 0 Å². The Bertz CT molecular complexity index is 3060. The summed E-state index contributed by atoms with van der Waals surface area (Å²) in [4.78, 5) is 15.5. The summed E-state index contributed by atoms with van der Waals surface area (Å²) in [5.74, 6) is 1.80. The first-order chi connectivity index (χ1) is 26.3. The van der Waals surface area contributed by atoms with E-state index in [1.807, 2.05) is 60.7 Å². The van der Waals surface area contributed by atoms with Gasteiger partial charge < -0.3 is 4.57 Å². The summed E-state index contributed by atoms with van der Waals surface area (Å²) in [6.07, 6.45) is 0. The fraction of sp³-hybridized carbons (Fsp3) is 0. The average Bonchev–Trinajstić information content (AvgIpc) is 3.87.